The van der Waals surface area contributed by atoms with Crippen LogP contribution < -0.4 is 5.32 Å². The summed E-state index contributed by atoms with van der Waals surface area (Å²) in [5.74, 6) is 1.23. The van der Waals surface area contributed by atoms with Crippen LogP contribution in [0.5, 0.6) is 0 Å². The topological polar surface area (TPSA) is 97.7 Å². The Labute approximate surface area is 134 Å². The molecule has 2 aromatic heterocycles. The number of amides is 1. The molecule has 0 radical (unpaired) electrons. The van der Waals surface area contributed by atoms with E-state index in [1.54, 1.807) is 26.2 Å². The standard InChI is InChI=1S/C16H22N2O5/c1-11-12(17-15(23-11)13-5-4-8-22-13)9-14(20)18-16(2,6-7-19)10-21-3/h4-5,8,19H,6-7,9-10H2,1-3H3,(H,18,20). The number of aliphatic hydroxyl groups is 1. The Bertz CT molecular complexity index is 627. The molecule has 0 aliphatic carbocycles. The third kappa shape index (κ3) is 4.43. The van der Waals surface area contributed by atoms with Gasteiger partial charge in [-0.3, -0.25) is 4.79 Å². The van der Waals surface area contributed by atoms with E-state index in [-0.39, 0.29) is 18.9 Å². The van der Waals surface area contributed by atoms with Crippen LogP contribution in [0.2, 0.25) is 0 Å². The lowest BCUT2D eigenvalue weighted by Gasteiger charge is -2.29. The zero-order valence-electron chi connectivity index (χ0n) is 13.6. The van der Waals surface area contributed by atoms with Crippen LogP contribution in [0.3, 0.4) is 0 Å². The summed E-state index contributed by atoms with van der Waals surface area (Å²) in [6.07, 6.45) is 2.02. The van der Waals surface area contributed by atoms with Gasteiger partial charge in [-0.1, -0.05) is 0 Å². The van der Waals surface area contributed by atoms with Crippen LogP contribution in [-0.4, -0.2) is 41.9 Å². The number of nitrogens with one attached hydrogen (secondary N) is 1. The third-order valence-electron chi connectivity index (χ3n) is 3.52. The van der Waals surface area contributed by atoms with E-state index in [0.29, 0.717) is 36.1 Å². The lowest BCUT2D eigenvalue weighted by atomic mass is 9.99. The van der Waals surface area contributed by atoms with Crippen molar-refractivity contribution in [1.82, 2.24) is 10.3 Å². The molecule has 0 bridgehead atoms. The van der Waals surface area contributed by atoms with E-state index in [1.165, 1.54) is 6.26 Å². The summed E-state index contributed by atoms with van der Waals surface area (Å²) in [6, 6.07) is 3.48. The predicted molar refractivity (Wildman–Crippen MR) is 82.8 cm³/mol. The molecule has 2 aromatic rings. The second kappa shape index (κ2) is 7.43. The van der Waals surface area contributed by atoms with Crippen LogP contribution in [-0.2, 0) is 16.0 Å². The summed E-state index contributed by atoms with van der Waals surface area (Å²) in [4.78, 5) is 16.6. The number of hydrogen-bond donors (Lipinski definition) is 2. The van der Waals surface area contributed by atoms with Gasteiger partial charge >= 0.3 is 0 Å². The van der Waals surface area contributed by atoms with E-state index in [1.807, 2.05) is 6.92 Å². The fourth-order valence-corrected chi connectivity index (χ4v) is 2.37. The van der Waals surface area contributed by atoms with Gasteiger partial charge in [0.2, 0.25) is 5.91 Å². The summed E-state index contributed by atoms with van der Waals surface area (Å²) in [5.41, 5.74) is -0.0696. The van der Waals surface area contributed by atoms with Gasteiger partial charge in [-0.2, -0.15) is 0 Å². The zero-order chi connectivity index (χ0) is 16.9. The molecule has 2 heterocycles. The smallest absolute Gasteiger partial charge is 0.263 e. The van der Waals surface area contributed by atoms with E-state index < -0.39 is 5.54 Å². The summed E-state index contributed by atoms with van der Waals surface area (Å²) < 4.78 is 15.9. The van der Waals surface area contributed by atoms with Gasteiger partial charge in [0.05, 0.1) is 30.5 Å². The molecule has 0 saturated heterocycles. The number of ether oxygens (including phenoxy) is 1. The van der Waals surface area contributed by atoms with Crippen LogP contribution in [0.1, 0.15) is 24.8 Å². The third-order valence-corrected chi connectivity index (χ3v) is 3.52. The summed E-state index contributed by atoms with van der Waals surface area (Å²) in [5, 5.41) is 12.0. The number of aromatic nitrogens is 1. The minimum Gasteiger partial charge on any atom is -0.459 e. The van der Waals surface area contributed by atoms with Crippen molar-refractivity contribution < 1.29 is 23.5 Å². The maximum atomic E-state index is 12.3. The van der Waals surface area contributed by atoms with Crippen LogP contribution >= 0.6 is 0 Å². The van der Waals surface area contributed by atoms with Crippen molar-refractivity contribution in [2.75, 3.05) is 20.3 Å². The van der Waals surface area contributed by atoms with E-state index in [0.717, 1.165) is 0 Å². The summed E-state index contributed by atoms with van der Waals surface area (Å²) >= 11 is 0. The average Bonchev–Trinajstić information content (AvgIpc) is 3.09. The number of rotatable bonds is 8. The van der Waals surface area contributed by atoms with Gasteiger partial charge in [0, 0.05) is 13.7 Å². The van der Waals surface area contributed by atoms with Crippen molar-refractivity contribution in [2.24, 2.45) is 0 Å². The largest absolute Gasteiger partial charge is 0.459 e. The second-order valence-corrected chi connectivity index (χ2v) is 5.69. The predicted octanol–water partition coefficient (Wildman–Crippen LogP) is 1.69. The average molecular weight is 322 g/mol. The van der Waals surface area contributed by atoms with E-state index in [9.17, 15) is 4.79 Å². The fourth-order valence-electron chi connectivity index (χ4n) is 2.37. The Kier molecular flexibility index (Phi) is 5.57. The molecule has 0 aliphatic rings. The molecular formula is C16H22N2O5. The van der Waals surface area contributed by atoms with Gasteiger partial charge in [0.15, 0.2) is 5.76 Å². The van der Waals surface area contributed by atoms with Gasteiger partial charge in [0.1, 0.15) is 5.76 Å². The number of methoxy groups -OCH3 is 1. The van der Waals surface area contributed by atoms with Gasteiger partial charge < -0.3 is 24.0 Å². The normalized spacial score (nSPS) is 13.7. The number of furan rings is 1. The van der Waals surface area contributed by atoms with Crippen molar-refractivity contribution >= 4 is 5.91 Å². The van der Waals surface area contributed by atoms with Crippen molar-refractivity contribution in [3.8, 4) is 11.7 Å². The second-order valence-electron chi connectivity index (χ2n) is 5.69. The number of aliphatic hydroxyl groups excluding tert-OH is 1. The summed E-state index contributed by atoms with van der Waals surface area (Å²) in [7, 11) is 1.55. The minimum atomic E-state index is -0.623. The Morgan fingerprint density at radius 3 is 2.91 bits per heavy atom. The molecule has 7 heteroatoms. The molecule has 0 spiro atoms. The Hall–Kier alpha value is -2.12. The molecule has 23 heavy (non-hydrogen) atoms. The molecule has 1 amide bonds. The molecule has 0 aromatic carbocycles. The first-order valence-corrected chi connectivity index (χ1v) is 7.38. The number of oxazole rings is 1. The highest BCUT2D eigenvalue weighted by molar-refractivity contribution is 5.79. The zero-order valence-corrected chi connectivity index (χ0v) is 13.6. The van der Waals surface area contributed by atoms with Crippen LogP contribution in [0.25, 0.3) is 11.7 Å². The molecular weight excluding hydrogens is 300 g/mol. The SMILES string of the molecule is COCC(C)(CCO)NC(=O)Cc1nc(-c2ccco2)oc1C. The Morgan fingerprint density at radius 1 is 1.52 bits per heavy atom. The summed E-state index contributed by atoms with van der Waals surface area (Å²) in [6.45, 7) is 3.86. The highest BCUT2D eigenvalue weighted by Gasteiger charge is 2.27. The molecule has 2 N–H and O–H groups in total. The molecule has 0 saturated carbocycles. The molecule has 7 nitrogen and oxygen atoms in total. The molecule has 2 rings (SSSR count). The highest BCUT2D eigenvalue weighted by atomic mass is 16.5. The van der Waals surface area contributed by atoms with Gasteiger partial charge in [0.25, 0.3) is 5.89 Å². The lowest BCUT2D eigenvalue weighted by Crippen LogP contribution is -2.50. The molecule has 1 unspecified atom stereocenters. The fraction of sp³-hybridized carbons (Fsp3) is 0.500. The van der Waals surface area contributed by atoms with E-state index >= 15 is 0 Å². The van der Waals surface area contributed by atoms with Crippen LogP contribution in [0, 0.1) is 6.92 Å². The van der Waals surface area contributed by atoms with Crippen LogP contribution in [0.15, 0.2) is 27.2 Å². The van der Waals surface area contributed by atoms with Gasteiger partial charge in [-0.05, 0) is 32.4 Å². The van der Waals surface area contributed by atoms with Crippen molar-refractivity contribution in [3.63, 3.8) is 0 Å². The minimum absolute atomic E-state index is 0.0359. The lowest BCUT2D eigenvalue weighted by molar-refractivity contribution is -0.123. The van der Waals surface area contributed by atoms with Crippen molar-refractivity contribution in [2.45, 2.75) is 32.2 Å². The maximum absolute atomic E-state index is 12.3. The quantitative estimate of drug-likeness (QED) is 0.767. The van der Waals surface area contributed by atoms with E-state index in [2.05, 4.69) is 10.3 Å². The highest BCUT2D eigenvalue weighted by Crippen LogP contribution is 2.22. The number of hydrogen-bond acceptors (Lipinski definition) is 6. The number of carbonyl (C=O) groups is 1. The number of carbonyl (C=O) groups excluding carboxylic acids is 1. The van der Waals surface area contributed by atoms with Crippen LogP contribution in [0.4, 0.5) is 0 Å². The maximum Gasteiger partial charge on any atom is 0.263 e. The van der Waals surface area contributed by atoms with Crippen molar-refractivity contribution in [1.29, 1.82) is 0 Å². The first kappa shape index (κ1) is 17.2. The number of aryl methyl sites for hydroxylation is 1. The number of nitrogens with zero attached hydrogens (tertiary/aromatic N) is 1. The first-order chi connectivity index (χ1) is 11.0. The molecule has 1 atom stereocenters. The van der Waals surface area contributed by atoms with E-state index in [4.69, 9.17) is 18.7 Å². The van der Waals surface area contributed by atoms with Gasteiger partial charge in [-0.25, -0.2) is 4.98 Å². The van der Waals surface area contributed by atoms with Gasteiger partial charge in [-0.15, -0.1) is 0 Å². The molecule has 126 valence electrons. The molecule has 0 aliphatic heterocycles. The van der Waals surface area contributed by atoms with Crippen molar-refractivity contribution in [3.05, 3.63) is 29.9 Å². The first-order valence-electron chi connectivity index (χ1n) is 7.38. The Balaban J connectivity index is 2.05. The molecule has 0 fully saturated rings. The monoisotopic (exact) mass is 322 g/mol. The Morgan fingerprint density at radius 2 is 2.30 bits per heavy atom.